The number of alkyl carbamates (subject to hydrolysis) is 3. The Morgan fingerprint density at radius 3 is 0.701 bits per heavy atom. The summed E-state index contributed by atoms with van der Waals surface area (Å²) < 4.78 is 136. The Hall–Kier alpha value is -8.76. The lowest BCUT2D eigenvalue weighted by Crippen LogP contribution is -2.67. The van der Waals surface area contributed by atoms with Gasteiger partial charge < -0.3 is 253 Å². The Balaban J connectivity index is 0.677. The van der Waals surface area contributed by atoms with Gasteiger partial charge in [0.25, 0.3) is 0 Å². The first-order valence-electron chi connectivity index (χ1n) is 47.4. The van der Waals surface area contributed by atoms with Crippen LogP contribution in [0.1, 0.15) is 54.2 Å². The van der Waals surface area contributed by atoms with Crippen LogP contribution in [0.15, 0.2) is 36.4 Å². The minimum atomic E-state index is -1.92. The van der Waals surface area contributed by atoms with E-state index < -0.39 is 278 Å². The molecule has 0 aromatic heterocycles. The number of hydrogen-bond acceptors (Lipinski definition) is 51. The van der Waals surface area contributed by atoms with Gasteiger partial charge in [-0.25, -0.2) is 14.4 Å². The molecule has 147 heavy (non-hydrogen) atoms. The van der Waals surface area contributed by atoms with Crippen LogP contribution in [0.25, 0.3) is 0 Å². The molecule has 834 valence electrons. The highest BCUT2D eigenvalue weighted by molar-refractivity contribution is 5.86. The number of hydrogen-bond donors (Lipinski definition) is 27. The molecule has 10 rings (SSSR count). The molecular formula is C90H138N6O51. The Morgan fingerprint density at radius 1 is 0.272 bits per heavy atom. The van der Waals surface area contributed by atoms with Gasteiger partial charge in [-0.05, 0) is 110 Å². The maximum absolute atomic E-state index is 13.1. The van der Waals surface area contributed by atoms with Crippen LogP contribution in [0, 0.1) is 0 Å². The normalized spacial score (nSPS) is 31.3. The summed E-state index contributed by atoms with van der Waals surface area (Å²) in [4.78, 5) is 77.5. The molecule has 7 aliphatic rings. The van der Waals surface area contributed by atoms with E-state index >= 15 is 0 Å². The number of rotatable bonds is 54. The van der Waals surface area contributed by atoms with Gasteiger partial charge in [0.15, 0.2) is 72.1 Å². The molecule has 6 fully saturated rings. The number of methoxy groups -OCH3 is 3. The number of carbonyl (C=O) groups excluding carboxylic acids is 6. The third-order valence-electron chi connectivity index (χ3n) is 24.6. The number of nitrogens with one attached hydrogen (secondary N) is 6. The van der Waals surface area contributed by atoms with E-state index in [-0.39, 0.29) is 119 Å². The molecule has 33 atom stereocenters. The monoisotopic (exact) mass is 2120 g/mol. The van der Waals surface area contributed by atoms with Crippen molar-refractivity contribution in [3.8, 4) is 34.5 Å². The van der Waals surface area contributed by atoms with Gasteiger partial charge in [0.2, 0.25) is 17.7 Å². The Bertz CT molecular complexity index is 4100. The molecule has 3 aromatic rings. The molecule has 0 radical (unpaired) electrons. The van der Waals surface area contributed by atoms with Crippen molar-refractivity contribution in [3.05, 3.63) is 69.8 Å². The summed E-state index contributed by atoms with van der Waals surface area (Å²) in [5.41, 5.74) is 5.07. The van der Waals surface area contributed by atoms with Crippen molar-refractivity contribution in [1.29, 1.82) is 0 Å². The number of aliphatic hydroxyl groups excluding tert-OH is 21. The van der Waals surface area contributed by atoms with Gasteiger partial charge in [0, 0.05) is 0 Å². The molecule has 6 aliphatic heterocycles. The van der Waals surface area contributed by atoms with Gasteiger partial charge in [0.1, 0.15) is 204 Å². The second kappa shape index (κ2) is 59.3. The fourth-order valence-electron chi connectivity index (χ4n) is 16.3. The molecule has 0 saturated carbocycles. The van der Waals surface area contributed by atoms with E-state index in [1.807, 2.05) is 36.4 Å². The standard InChI is InChI=1S/C90H138N6O51/c1-40(79(118)94-82-70(112)67(109)76(58(37-100)139-82)145-85-73(115)64(106)61(103)55(34-97)142-85)91-88(121)136-22-16-130-10-7-127-13-19-133-52-31-46-25-44-29-50(125-5)54(135-21-15-129-9-12-132-18-24-138-90(123)93-42(3)81(120)96-84-72(114)69(111)78(60(39-102)141-84)147-87-75(117)66(108)63(105)57(36-99)144-87)33-48(44)27-45-30-51(126-6)53(32-47(45)26-43(46)28-49(52)124-4)134-20-14-128-8-11-131-17-23-137-89(122)92-41(2)80(119)95-83-71(113)68(110)77(59(38-101)140-83)146-86-74(116)65(107)62(104)56(35-98)143-86/h28-33,40-42,55-78,82-87,97-117H,7-27,34-39H2,1-6H3,(H,91,121)(H,92,122)(H,93,123)(H,94,118)(H,95,119)(H,96,120)/t40-,41-,42-,55+,56+,57+,58+,59+,60+,61-,62-,63-,64-,65-,66-,67+,68+,69+,70+,71+,72+,73+,74+,75+,76+,77+,78+,82+,83+,84+,85-,86-,87-/m0/s1. The quantitative estimate of drug-likeness (QED) is 0.0144. The zero-order valence-corrected chi connectivity index (χ0v) is 81.2. The first-order valence-corrected chi connectivity index (χ1v) is 47.4. The van der Waals surface area contributed by atoms with Crippen LogP contribution < -0.4 is 60.3 Å². The van der Waals surface area contributed by atoms with Crippen LogP contribution in [0.2, 0.25) is 0 Å². The van der Waals surface area contributed by atoms with E-state index in [0.717, 1.165) is 33.4 Å². The SMILES string of the molecule is COc1cc2c(cc1OCCOCCOCCOC(=O)N[C@@H](C)C(=O)N[C@@H]1O[C@H](CO)[C@@H](O[C@@H]3O[C@H](CO)[C@H](O)[C@H](O)[C@H]3O)[C@H](O)[C@H]1O)Cc1cc(OC)c(OCCOCCOCCOC(=O)N[C@@H](C)C(=O)N[C@@H]3O[C@H](CO)[C@@H](O[C@@H]4O[C@H](CO)[C@H](O)[C@H](O)[C@H]4O)[C@H](O)[C@H]3O)cc1Cc1cc(OC)c(OCCOCCOCCOC(=O)N[C@@H](C)C(=O)N[C@@H]3O[C@H](CO)[C@@H](O[C@@H]4O[C@H](CO)[C@H](O)[C@H](O)[C@H]4O)[C@H](O)[C@H]3O)cc1C2. The summed E-state index contributed by atoms with van der Waals surface area (Å²) in [6, 6.07) is 7.35. The lowest BCUT2D eigenvalue weighted by atomic mass is 9.94. The predicted molar refractivity (Wildman–Crippen MR) is 484 cm³/mol. The molecule has 57 heteroatoms. The van der Waals surface area contributed by atoms with Gasteiger partial charge in [-0.2, -0.15) is 0 Å². The lowest BCUT2D eigenvalue weighted by Gasteiger charge is -2.46. The predicted octanol–water partition coefficient (Wildman–Crippen LogP) is -12.4. The van der Waals surface area contributed by atoms with Crippen LogP contribution in [-0.2, 0) is 119 Å². The summed E-state index contributed by atoms with van der Waals surface area (Å²) in [6.45, 7) is -1.32. The summed E-state index contributed by atoms with van der Waals surface area (Å²) in [5.74, 6) is -0.393. The smallest absolute Gasteiger partial charge is 0.407 e. The summed E-state index contributed by atoms with van der Waals surface area (Å²) in [6.07, 6.45) is -53.7. The second-order valence-corrected chi connectivity index (χ2v) is 34.8. The summed E-state index contributed by atoms with van der Waals surface area (Å²) in [5, 5.41) is 231. The Kier molecular flexibility index (Phi) is 48.5. The van der Waals surface area contributed by atoms with Crippen molar-refractivity contribution in [1.82, 2.24) is 31.9 Å². The fraction of sp³-hybridized carbons (Fsp3) is 0.733. The van der Waals surface area contributed by atoms with Crippen molar-refractivity contribution in [2.45, 2.75) is 242 Å². The van der Waals surface area contributed by atoms with E-state index in [9.17, 15) is 136 Å². The maximum atomic E-state index is 13.1. The van der Waals surface area contributed by atoms with Crippen molar-refractivity contribution in [2.75, 3.05) is 180 Å². The van der Waals surface area contributed by atoms with E-state index in [1.54, 1.807) is 0 Å². The van der Waals surface area contributed by atoms with Gasteiger partial charge in [-0.1, -0.05) is 0 Å². The van der Waals surface area contributed by atoms with Gasteiger partial charge in [-0.15, -0.1) is 0 Å². The van der Waals surface area contributed by atoms with E-state index in [4.69, 9.17) is 114 Å². The van der Waals surface area contributed by atoms with Crippen LogP contribution in [0.5, 0.6) is 34.5 Å². The molecular weight excluding hydrogens is 1980 g/mol. The molecule has 1 aliphatic carbocycles. The van der Waals surface area contributed by atoms with Gasteiger partial charge in [-0.3, -0.25) is 14.4 Å². The minimum Gasteiger partial charge on any atom is -0.493 e. The highest BCUT2D eigenvalue weighted by Gasteiger charge is 2.56. The third kappa shape index (κ3) is 32.9. The highest BCUT2D eigenvalue weighted by Crippen LogP contribution is 2.43. The number of ether oxygens (including phenoxy) is 24. The number of aliphatic hydroxyl groups is 21. The molecule has 27 N–H and O–H groups in total. The maximum Gasteiger partial charge on any atom is 0.407 e. The number of fused-ring (bicyclic) bond motifs is 3. The van der Waals surface area contributed by atoms with Crippen molar-refractivity contribution < 1.29 is 250 Å². The molecule has 6 amide bonds. The average Bonchev–Trinajstić information content (AvgIpc) is 1.60. The van der Waals surface area contributed by atoms with Crippen molar-refractivity contribution >= 4 is 36.0 Å². The largest absolute Gasteiger partial charge is 0.493 e. The third-order valence-corrected chi connectivity index (χ3v) is 24.6. The topological polar surface area (TPSA) is 821 Å². The molecule has 0 bridgehead atoms. The Labute approximate surface area is 840 Å². The van der Waals surface area contributed by atoms with Crippen LogP contribution in [0.4, 0.5) is 14.4 Å². The van der Waals surface area contributed by atoms with E-state index in [2.05, 4.69) is 31.9 Å². The van der Waals surface area contributed by atoms with Crippen LogP contribution in [0.3, 0.4) is 0 Å². The van der Waals surface area contributed by atoms with Gasteiger partial charge in [0.05, 0.1) is 140 Å². The molecule has 0 spiro atoms. The van der Waals surface area contributed by atoms with Gasteiger partial charge >= 0.3 is 18.3 Å². The summed E-state index contributed by atoms with van der Waals surface area (Å²) in [7, 11) is 4.50. The second-order valence-electron chi connectivity index (χ2n) is 34.8. The zero-order chi connectivity index (χ0) is 107. The zero-order valence-electron chi connectivity index (χ0n) is 81.2. The van der Waals surface area contributed by atoms with E-state index in [0.29, 0.717) is 53.8 Å². The minimum absolute atomic E-state index is 0.0485. The molecule has 0 unspecified atom stereocenters. The van der Waals surface area contributed by atoms with Crippen molar-refractivity contribution in [2.24, 2.45) is 0 Å². The molecule has 3 aromatic carbocycles. The van der Waals surface area contributed by atoms with E-state index in [1.165, 1.54) is 42.1 Å². The molecule has 57 nitrogen and oxygen atoms in total. The fourth-order valence-corrected chi connectivity index (χ4v) is 16.3. The Morgan fingerprint density at radius 2 is 0.483 bits per heavy atom. The number of benzene rings is 3. The number of amides is 6. The molecule has 6 saturated heterocycles. The lowest BCUT2D eigenvalue weighted by molar-refractivity contribution is -0.343. The van der Waals surface area contributed by atoms with Crippen LogP contribution in [-0.4, -0.2) is 525 Å². The number of carbonyl (C=O) groups is 6. The molecule has 6 heterocycles. The first-order chi connectivity index (χ1) is 70.4. The van der Waals surface area contributed by atoms with Crippen LogP contribution >= 0.6 is 0 Å². The van der Waals surface area contributed by atoms with Crippen molar-refractivity contribution in [3.63, 3.8) is 0 Å². The summed E-state index contributed by atoms with van der Waals surface area (Å²) >= 11 is 0. The average molecular weight is 2120 g/mol. The first kappa shape index (κ1) is 120. The highest BCUT2D eigenvalue weighted by atomic mass is 16.8.